The molecular weight excluding hydrogens is 208 g/mol. The van der Waals surface area contributed by atoms with Gasteiger partial charge in [0.2, 0.25) is 11.6 Å². The maximum Gasteiger partial charge on any atom is 0.234 e. The highest BCUT2D eigenvalue weighted by molar-refractivity contribution is 4.57. The zero-order valence-corrected chi connectivity index (χ0v) is 9.35. The van der Waals surface area contributed by atoms with Crippen LogP contribution in [0.4, 0.5) is 0 Å². The van der Waals surface area contributed by atoms with E-state index in [2.05, 4.69) is 14.8 Å². The molecule has 7 nitrogen and oxygen atoms in total. The zero-order chi connectivity index (χ0) is 11.9. The molecule has 0 aromatic rings. The standard InChI is InChI=1S/C8H18O7/c1-5-7(3,11-9)12-13-8(4,6-2)14-15-10/h9-10H,5-6H2,1-4H3. The molecule has 2 N–H and O–H groups in total. The smallest absolute Gasteiger partial charge is 0.234 e. The van der Waals surface area contributed by atoms with Crippen molar-refractivity contribution in [3.63, 3.8) is 0 Å². The summed E-state index contributed by atoms with van der Waals surface area (Å²) >= 11 is 0. The van der Waals surface area contributed by atoms with Crippen LogP contribution in [0.1, 0.15) is 40.5 Å². The molecule has 0 spiro atoms. The van der Waals surface area contributed by atoms with Gasteiger partial charge in [0.15, 0.2) is 0 Å². The lowest BCUT2D eigenvalue weighted by molar-refractivity contribution is -0.615. The van der Waals surface area contributed by atoms with Crippen molar-refractivity contribution in [2.75, 3.05) is 0 Å². The zero-order valence-electron chi connectivity index (χ0n) is 9.35. The fourth-order valence-corrected chi connectivity index (χ4v) is 0.526. The van der Waals surface area contributed by atoms with Gasteiger partial charge in [0.1, 0.15) is 0 Å². The predicted molar refractivity (Wildman–Crippen MR) is 48.1 cm³/mol. The second-order valence-corrected chi connectivity index (χ2v) is 3.39. The summed E-state index contributed by atoms with van der Waals surface area (Å²) in [6.45, 7) is 6.41. The number of hydrogen-bond donors (Lipinski definition) is 2. The molecule has 92 valence electrons. The molecule has 0 radical (unpaired) electrons. The molecule has 0 aromatic heterocycles. The summed E-state index contributed by atoms with van der Waals surface area (Å²) < 4.78 is 0. The van der Waals surface area contributed by atoms with Gasteiger partial charge in [-0.2, -0.15) is 14.7 Å². The minimum absolute atomic E-state index is 0.346. The highest BCUT2D eigenvalue weighted by Crippen LogP contribution is 2.23. The van der Waals surface area contributed by atoms with Crippen LogP contribution in [0.5, 0.6) is 0 Å². The van der Waals surface area contributed by atoms with Crippen molar-refractivity contribution in [1.29, 1.82) is 0 Å². The molecule has 0 heterocycles. The predicted octanol–water partition coefficient (Wildman–Crippen LogP) is 2.10. The van der Waals surface area contributed by atoms with Crippen molar-refractivity contribution in [2.24, 2.45) is 0 Å². The van der Waals surface area contributed by atoms with Crippen LogP contribution >= 0.6 is 0 Å². The van der Waals surface area contributed by atoms with Gasteiger partial charge in [-0.15, -0.1) is 0 Å². The van der Waals surface area contributed by atoms with E-state index in [0.29, 0.717) is 12.8 Å². The van der Waals surface area contributed by atoms with E-state index in [-0.39, 0.29) is 0 Å². The van der Waals surface area contributed by atoms with Crippen LogP contribution in [-0.2, 0) is 24.6 Å². The lowest BCUT2D eigenvalue weighted by atomic mass is 10.2. The Bertz CT molecular complexity index is 170. The third-order valence-corrected chi connectivity index (χ3v) is 2.09. The highest BCUT2D eigenvalue weighted by atomic mass is 17.5. The van der Waals surface area contributed by atoms with E-state index in [1.165, 1.54) is 13.8 Å². The summed E-state index contributed by atoms with van der Waals surface area (Å²) in [5.41, 5.74) is 0. The summed E-state index contributed by atoms with van der Waals surface area (Å²) in [5, 5.41) is 20.2. The summed E-state index contributed by atoms with van der Waals surface area (Å²) in [6.07, 6.45) is 0.696. The molecule has 0 rings (SSSR count). The Balaban J connectivity index is 4.20. The Labute approximate surface area is 88.2 Å². The van der Waals surface area contributed by atoms with E-state index >= 15 is 0 Å². The normalized spacial score (nSPS) is 19.6. The Morgan fingerprint density at radius 1 is 0.867 bits per heavy atom. The Morgan fingerprint density at radius 2 is 1.33 bits per heavy atom. The highest BCUT2D eigenvalue weighted by Gasteiger charge is 2.34. The largest absolute Gasteiger partial charge is 0.249 e. The molecule has 0 aliphatic heterocycles. The van der Waals surface area contributed by atoms with Gasteiger partial charge < -0.3 is 0 Å². The minimum atomic E-state index is -1.30. The Hall–Kier alpha value is -0.280. The van der Waals surface area contributed by atoms with Crippen molar-refractivity contribution in [1.82, 2.24) is 0 Å². The van der Waals surface area contributed by atoms with Gasteiger partial charge in [0.05, 0.1) is 0 Å². The lowest BCUT2D eigenvalue weighted by Gasteiger charge is -2.29. The first kappa shape index (κ1) is 14.7. The molecule has 15 heavy (non-hydrogen) atoms. The number of hydrogen-bond acceptors (Lipinski definition) is 7. The fourth-order valence-electron chi connectivity index (χ4n) is 0.526. The average molecular weight is 226 g/mol. The van der Waals surface area contributed by atoms with E-state index in [4.69, 9.17) is 20.3 Å². The second kappa shape index (κ2) is 6.33. The molecule has 0 amide bonds. The maximum absolute atomic E-state index is 8.56. The first-order valence-corrected chi connectivity index (χ1v) is 4.64. The lowest BCUT2D eigenvalue weighted by Crippen LogP contribution is -2.38. The molecule has 0 aliphatic carbocycles. The van der Waals surface area contributed by atoms with Gasteiger partial charge in [-0.05, 0) is 13.8 Å². The third kappa shape index (κ3) is 4.85. The molecule has 7 heteroatoms. The maximum atomic E-state index is 8.56. The fraction of sp³-hybridized carbons (Fsp3) is 1.00. The molecule has 0 bridgehead atoms. The van der Waals surface area contributed by atoms with Gasteiger partial charge in [-0.25, -0.2) is 15.4 Å². The first-order chi connectivity index (χ1) is 6.95. The monoisotopic (exact) mass is 226 g/mol. The summed E-state index contributed by atoms with van der Waals surface area (Å²) in [4.78, 5) is 18.3. The van der Waals surface area contributed by atoms with E-state index < -0.39 is 11.6 Å². The first-order valence-electron chi connectivity index (χ1n) is 4.64. The molecular formula is C8H18O7. The number of rotatable bonds is 8. The van der Waals surface area contributed by atoms with Crippen LogP contribution in [0.25, 0.3) is 0 Å². The molecule has 2 unspecified atom stereocenters. The van der Waals surface area contributed by atoms with Crippen molar-refractivity contribution in [2.45, 2.75) is 52.1 Å². The topological polar surface area (TPSA) is 86.6 Å². The van der Waals surface area contributed by atoms with Gasteiger partial charge in [-0.3, -0.25) is 0 Å². The van der Waals surface area contributed by atoms with Gasteiger partial charge >= 0.3 is 0 Å². The van der Waals surface area contributed by atoms with E-state index in [1.807, 2.05) is 0 Å². The third-order valence-electron chi connectivity index (χ3n) is 2.09. The van der Waals surface area contributed by atoms with Crippen LogP contribution < -0.4 is 0 Å². The van der Waals surface area contributed by atoms with E-state index in [9.17, 15) is 0 Å². The van der Waals surface area contributed by atoms with Crippen molar-refractivity contribution < 1.29 is 35.1 Å². The van der Waals surface area contributed by atoms with Crippen molar-refractivity contribution in [3.8, 4) is 0 Å². The summed E-state index contributed by atoms with van der Waals surface area (Å²) in [6, 6.07) is 0. The van der Waals surface area contributed by atoms with Crippen molar-refractivity contribution in [3.05, 3.63) is 0 Å². The van der Waals surface area contributed by atoms with Gasteiger partial charge in [0.25, 0.3) is 0 Å². The molecule has 0 saturated carbocycles. The molecule has 2 atom stereocenters. The SMILES string of the molecule is CCC(C)(OO)OOC(C)(CC)OOO. The van der Waals surface area contributed by atoms with E-state index in [0.717, 1.165) is 0 Å². The Morgan fingerprint density at radius 3 is 1.67 bits per heavy atom. The van der Waals surface area contributed by atoms with Crippen LogP contribution in [0.3, 0.4) is 0 Å². The van der Waals surface area contributed by atoms with Crippen LogP contribution in [0, 0.1) is 0 Å². The van der Waals surface area contributed by atoms with Gasteiger partial charge in [0, 0.05) is 12.8 Å². The van der Waals surface area contributed by atoms with Crippen LogP contribution in [0.15, 0.2) is 0 Å². The molecule has 0 aliphatic rings. The second-order valence-electron chi connectivity index (χ2n) is 3.39. The van der Waals surface area contributed by atoms with Crippen molar-refractivity contribution >= 4 is 0 Å². The van der Waals surface area contributed by atoms with Gasteiger partial charge in [-0.1, -0.05) is 18.9 Å². The molecule has 0 aromatic carbocycles. The average Bonchev–Trinajstić information content (AvgIpc) is 2.26. The van der Waals surface area contributed by atoms with Crippen LogP contribution in [-0.4, -0.2) is 22.1 Å². The summed E-state index contributed by atoms with van der Waals surface area (Å²) in [5.74, 6) is -2.58. The Kier molecular flexibility index (Phi) is 6.22. The quantitative estimate of drug-likeness (QED) is 0.372. The molecule has 0 saturated heterocycles. The van der Waals surface area contributed by atoms with E-state index in [1.54, 1.807) is 13.8 Å². The van der Waals surface area contributed by atoms with Crippen LogP contribution in [0.2, 0.25) is 0 Å². The minimum Gasteiger partial charge on any atom is -0.249 e. The summed E-state index contributed by atoms with van der Waals surface area (Å²) in [7, 11) is 0. The molecule has 0 fully saturated rings.